The maximum Gasteiger partial charge on any atom is 0.336 e. The second kappa shape index (κ2) is 3.44. The number of carboxylic acid groups (broad SMARTS) is 1. The Labute approximate surface area is 91.1 Å². The van der Waals surface area contributed by atoms with E-state index in [2.05, 4.69) is 0 Å². The molecule has 2 aromatic carbocycles. The van der Waals surface area contributed by atoms with Crippen LogP contribution in [0.2, 0.25) is 5.02 Å². The second-order valence-electron chi connectivity index (χ2n) is 3.17. The third kappa shape index (κ3) is 1.51. The molecule has 76 valence electrons. The van der Waals surface area contributed by atoms with E-state index in [0.29, 0.717) is 21.5 Å². The van der Waals surface area contributed by atoms with Crippen molar-refractivity contribution in [2.75, 3.05) is 5.73 Å². The maximum atomic E-state index is 11.0. The number of nitrogen functional groups attached to an aromatic ring is 1. The van der Waals surface area contributed by atoms with E-state index < -0.39 is 5.97 Å². The van der Waals surface area contributed by atoms with Gasteiger partial charge in [-0.15, -0.1) is 0 Å². The molecule has 0 amide bonds. The summed E-state index contributed by atoms with van der Waals surface area (Å²) < 4.78 is 0. The first-order valence-corrected chi connectivity index (χ1v) is 4.69. The van der Waals surface area contributed by atoms with Crippen LogP contribution >= 0.6 is 11.6 Å². The minimum absolute atomic E-state index is 0.174. The zero-order valence-corrected chi connectivity index (χ0v) is 8.45. The summed E-state index contributed by atoms with van der Waals surface area (Å²) in [4.78, 5) is 11.0. The molecular formula is C11H8ClNO2. The Hall–Kier alpha value is -1.74. The van der Waals surface area contributed by atoms with Crippen LogP contribution in [-0.2, 0) is 0 Å². The molecule has 0 aliphatic carbocycles. The van der Waals surface area contributed by atoms with E-state index >= 15 is 0 Å². The minimum atomic E-state index is -1.01. The number of hydrogen-bond donors (Lipinski definition) is 2. The van der Waals surface area contributed by atoms with Gasteiger partial charge in [-0.25, -0.2) is 4.79 Å². The number of anilines is 1. The Morgan fingerprint density at radius 3 is 2.67 bits per heavy atom. The highest BCUT2D eigenvalue weighted by Crippen LogP contribution is 2.30. The van der Waals surface area contributed by atoms with Crippen molar-refractivity contribution in [2.24, 2.45) is 0 Å². The molecule has 0 fully saturated rings. The molecule has 0 saturated carbocycles. The number of carboxylic acids is 1. The largest absolute Gasteiger partial charge is 0.478 e. The Morgan fingerprint density at radius 2 is 2.00 bits per heavy atom. The normalized spacial score (nSPS) is 10.5. The van der Waals surface area contributed by atoms with Crippen molar-refractivity contribution in [3.05, 3.63) is 40.9 Å². The first kappa shape index (κ1) is 9.80. The van der Waals surface area contributed by atoms with E-state index in [4.69, 9.17) is 22.4 Å². The summed E-state index contributed by atoms with van der Waals surface area (Å²) >= 11 is 5.96. The van der Waals surface area contributed by atoms with E-state index in [9.17, 15) is 4.79 Å². The van der Waals surface area contributed by atoms with Gasteiger partial charge in [-0.2, -0.15) is 0 Å². The molecule has 0 spiro atoms. The van der Waals surface area contributed by atoms with Crippen molar-refractivity contribution >= 4 is 34.0 Å². The number of rotatable bonds is 1. The first-order chi connectivity index (χ1) is 7.11. The van der Waals surface area contributed by atoms with Crippen molar-refractivity contribution in [3.63, 3.8) is 0 Å². The average molecular weight is 222 g/mol. The molecule has 2 rings (SSSR count). The maximum absolute atomic E-state index is 11.0. The van der Waals surface area contributed by atoms with E-state index in [0.717, 1.165) is 0 Å². The van der Waals surface area contributed by atoms with Crippen LogP contribution in [0.3, 0.4) is 0 Å². The number of fused-ring (bicyclic) bond motifs is 1. The van der Waals surface area contributed by atoms with Crippen molar-refractivity contribution < 1.29 is 9.90 Å². The van der Waals surface area contributed by atoms with Gasteiger partial charge in [0.25, 0.3) is 0 Å². The highest BCUT2D eigenvalue weighted by molar-refractivity contribution is 6.36. The van der Waals surface area contributed by atoms with Crippen LogP contribution < -0.4 is 5.73 Å². The van der Waals surface area contributed by atoms with E-state index in [1.54, 1.807) is 24.3 Å². The van der Waals surface area contributed by atoms with Gasteiger partial charge in [0.1, 0.15) is 0 Å². The smallest absolute Gasteiger partial charge is 0.336 e. The lowest BCUT2D eigenvalue weighted by atomic mass is 10.0. The van der Waals surface area contributed by atoms with Gasteiger partial charge in [-0.3, -0.25) is 0 Å². The number of halogens is 1. The highest BCUT2D eigenvalue weighted by atomic mass is 35.5. The topological polar surface area (TPSA) is 63.3 Å². The summed E-state index contributed by atoms with van der Waals surface area (Å²) in [6.45, 7) is 0. The standard InChI is InChI=1S/C11H8ClNO2/c12-8-4-5-9(13)10-6(8)2-1-3-7(10)11(14)15/h1-5H,13H2,(H,14,15). The molecule has 0 saturated heterocycles. The summed E-state index contributed by atoms with van der Waals surface area (Å²) in [6.07, 6.45) is 0. The predicted molar refractivity (Wildman–Crippen MR) is 60.3 cm³/mol. The van der Waals surface area contributed by atoms with Gasteiger partial charge >= 0.3 is 5.97 Å². The average Bonchev–Trinajstić information content (AvgIpc) is 2.23. The van der Waals surface area contributed by atoms with Gasteiger partial charge in [0, 0.05) is 21.5 Å². The minimum Gasteiger partial charge on any atom is -0.478 e. The fourth-order valence-electron chi connectivity index (χ4n) is 1.58. The molecule has 2 aromatic rings. The third-order valence-corrected chi connectivity index (χ3v) is 2.58. The van der Waals surface area contributed by atoms with Gasteiger partial charge < -0.3 is 10.8 Å². The number of aromatic carboxylic acids is 1. The lowest BCUT2D eigenvalue weighted by Crippen LogP contribution is -1.99. The molecule has 0 aliphatic rings. The summed E-state index contributed by atoms with van der Waals surface area (Å²) in [5, 5.41) is 10.7. The molecule has 0 heterocycles. The summed E-state index contributed by atoms with van der Waals surface area (Å²) in [7, 11) is 0. The lowest BCUT2D eigenvalue weighted by Gasteiger charge is -2.06. The number of carbonyl (C=O) groups is 1. The zero-order chi connectivity index (χ0) is 11.0. The molecule has 3 nitrogen and oxygen atoms in total. The van der Waals surface area contributed by atoms with Crippen molar-refractivity contribution in [1.82, 2.24) is 0 Å². The predicted octanol–water partition coefficient (Wildman–Crippen LogP) is 2.77. The molecule has 0 aromatic heterocycles. The van der Waals surface area contributed by atoms with Gasteiger partial charge in [0.2, 0.25) is 0 Å². The molecule has 15 heavy (non-hydrogen) atoms. The number of nitrogens with two attached hydrogens (primary N) is 1. The van der Waals surface area contributed by atoms with Gasteiger partial charge in [-0.1, -0.05) is 23.7 Å². The molecule has 0 bridgehead atoms. The monoisotopic (exact) mass is 221 g/mol. The summed E-state index contributed by atoms with van der Waals surface area (Å²) in [5.74, 6) is -1.01. The third-order valence-electron chi connectivity index (χ3n) is 2.25. The van der Waals surface area contributed by atoms with Crippen LogP contribution in [0.25, 0.3) is 10.8 Å². The number of benzene rings is 2. The van der Waals surface area contributed by atoms with Crippen LogP contribution in [0.4, 0.5) is 5.69 Å². The van der Waals surface area contributed by atoms with Crippen LogP contribution in [-0.4, -0.2) is 11.1 Å². The Morgan fingerprint density at radius 1 is 1.27 bits per heavy atom. The number of hydrogen-bond acceptors (Lipinski definition) is 2. The fourth-order valence-corrected chi connectivity index (χ4v) is 1.80. The quantitative estimate of drug-likeness (QED) is 0.728. The first-order valence-electron chi connectivity index (χ1n) is 4.31. The Kier molecular flexibility index (Phi) is 2.25. The molecule has 0 unspecified atom stereocenters. The lowest BCUT2D eigenvalue weighted by molar-refractivity contribution is 0.0699. The van der Waals surface area contributed by atoms with Crippen molar-refractivity contribution in [3.8, 4) is 0 Å². The fraction of sp³-hybridized carbons (Fsp3) is 0. The van der Waals surface area contributed by atoms with Crippen LogP contribution in [0.1, 0.15) is 10.4 Å². The highest BCUT2D eigenvalue weighted by Gasteiger charge is 2.11. The molecule has 0 aliphatic heterocycles. The molecule has 3 N–H and O–H groups in total. The van der Waals surface area contributed by atoms with Crippen molar-refractivity contribution in [2.45, 2.75) is 0 Å². The van der Waals surface area contributed by atoms with Gasteiger partial charge in [0.15, 0.2) is 0 Å². The zero-order valence-electron chi connectivity index (χ0n) is 7.70. The summed E-state index contributed by atoms with van der Waals surface area (Å²) in [5.41, 5.74) is 6.34. The molecule has 0 radical (unpaired) electrons. The van der Waals surface area contributed by atoms with Gasteiger partial charge in [0.05, 0.1) is 5.56 Å². The molecule has 4 heteroatoms. The van der Waals surface area contributed by atoms with E-state index in [-0.39, 0.29) is 5.56 Å². The van der Waals surface area contributed by atoms with Crippen LogP contribution in [0.15, 0.2) is 30.3 Å². The van der Waals surface area contributed by atoms with E-state index in [1.807, 2.05) is 0 Å². The molecule has 0 atom stereocenters. The Balaban J connectivity index is 2.96. The van der Waals surface area contributed by atoms with Crippen LogP contribution in [0.5, 0.6) is 0 Å². The Bertz CT molecular complexity index is 552. The van der Waals surface area contributed by atoms with Crippen LogP contribution in [0, 0.1) is 0 Å². The van der Waals surface area contributed by atoms with Gasteiger partial charge in [-0.05, 0) is 18.2 Å². The molecular weight excluding hydrogens is 214 g/mol. The van der Waals surface area contributed by atoms with Crippen molar-refractivity contribution in [1.29, 1.82) is 0 Å². The van der Waals surface area contributed by atoms with E-state index in [1.165, 1.54) is 6.07 Å². The summed E-state index contributed by atoms with van der Waals surface area (Å²) in [6, 6.07) is 8.18. The second-order valence-corrected chi connectivity index (χ2v) is 3.58. The SMILES string of the molecule is Nc1ccc(Cl)c2cccc(C(=O)O)c12.